The first kappa shape index (κ1) is 14.5. The number of amides is 2. The summed E-state index contributed by atoms with van der Waals surface area (Å²) in [5.74, 6) is -1.24. The van der Waals surface area contributed by atoms with E-state index in [2.05, 4.69) is 0 Å². The Morgan fingerprint density at radius 1 is 0.955 bits per heavy atom. The lowest BCUT2D eigenvalue weighted by Crippen LogP contribution is -2.29. The smallest absolute Gasteiger partial charge is 0.268 e. The first-order valence-electron chi connectivity index (χ1n) is 6.02. The van der Waals surface area contributed by atoms with Crippen molar-refractivity contribution in [2.75, 3.05) is 4.90 Å². The molecule has 1 heterocycles. The molecule has 22 heavy (non-hydrogen) atoms. The monoisotopic (exact) mass is 336 g/mol. The highest BCUT2D eigenvalue weighted by Crippen LogP contribution is 2.35. The fourth-order valence-electron chi connectivity index (χ4n) is 2.22. The van der Waals surface area contributed by atoms with Gasteiger partial charge in [0.15, 0.2) is 0 Å². The average molecular weight is 337 g/mol. The maximum Gasteiger partial charge on any atom is 0.270 e. The minimum Gasteiger partial charge on any atom is -0.268 e. The van der Waals surface area contributed by atoms with Gasteiger partial charge in [0.05, 0.1) is 26.8 Å². The van der Waals surface area contributed by atoms with Crippen molar-refractivity contribution in [3.05, 3.63) is 67.7 Å². The third-order valence-corrected chi connectivity index (χ3v) is 3.77. The molecule has 1 aliphatic heterocycles. The summed E-state index contributed by atoms with van der Waals surface area (Å²) in [5.41, 5.74) is -0.00398. The number of non-ortho nitro benzene ring substituents is 1. The lowest BCUT2D eigenvalue weighted by Gasteiger charge is -2.15. The zero-order valence-corrected chi connectivity index (χ0v) is 12.3. The summed E-state index contributed by atoms with van der Waals surface area (Å²) in [7, 11) is 0. The van der Waals surface area contributed by atoms with Gasteiger partial charge in [-0.1, -0.05) is 23.2 Å². The molecular formula is C14H6Cl2N2O4. The first-order valence-corrected chi connectivity index (χ1v) is 6.78. The number of hydrogen-bond acceptors (Lipinski definition) is 4. The third-order valence-electron chi connectivity index (χ3n) is 3.23. The highest BCUT2D eigenvalue weighted by atomic mass is 35.5. The Labute approximate surface area is 134 Å². The fraction of sp³-hybridized carbons (Fsp3) is 0. The maximum atomic E-state index is 12.4. The van der Waals surface area contributed by atoms with Crippen LogP contribution in [0.4, 0.5) is 11.4 Å². The second-order valence-electron chi connectivity index (χ2n) is 4.53. The van der Waals surface area contributed by atoms with Crippen molar-refractivity contribution in [3.8, 4) is 0 Å². The van der Waals surface area contributed by atoms with Gasteiger partial charge in [0.25, 0.3) is 17.5 Å². The van der Waals surface area contributed by atoms with Crippen LogP contribution < -0.4 is 4.90 Å². The minimum absolute atomic E-state index is 0.0229. The topological polar surface area (TPSA) is 80.5 Å². The number of imide groups is 1. The molecule has 0 unspecified atom stereocenters. The van der Waals surface area contributed by atoms with Crippen molar-refractivity contribution in [3.63, 3.8) is 0 Å². The van der Waals surface area contributed by atoms with Gasteiger partial charge in [0, 0.05) is 17.2 Å². The molecule has 0 fully saturated rings. The predicted octanol–water partition coefficient (Wildman–Crippen LogP) is 3.70. The highest BCUT2D eigenvalue weighted by Gasteiger charge is 2.38. The van der Waals surface area contributed by atoms with Gasteiger partial charge >= 0.3 is 0 Å². The fourth-order valence-corrected chi connectivity index (χ4v) is 2.72. The molecule has 2 aromatic carbocycles. The Balaban J connectivity index is 2.12. The summed E-state index contributed by atoms with van der Waals surface area (Å²) >= 11 is 11.8. The van der Waals surface area contributed by atoms with Crippen LogP contribution in [-0.4, -0.2) is 16.7 Å². The molecule has 0 radical (unpaired) electrons. The number of nitrogens with zero attached hydrogens (tertiary/aromatic N) is 2. The predicted molar refractivity (Wildman–Crippen MR) is 80.7 cm³/mol. The van der Waals surface area contributed by atoms with Gasteiger partial charge in [-0.25, -0.2) is 4.90 Å². The molecule has 6 nitrogen and oxygen atoms in total. The SMILES string of the molecule is O=C1c2ccc([N+](=O)[O-])cc2C(=O)N1c1ccc(Cl)cc1Cl. The van der Waals surface area contributed by atoms with Crippen molar-refractivity contribution in [1.29, 1.82) is 0 Å². The van der Waals surface area contributed by atoms with E-state index in [1.807, 2.05) is 0 Å². The van der Waals surface area contributed by atoms with Crippen LogP contribution in [0.1, 0.15) is 20.7 Å². The van der Waals surface area contributed by atoms with Crippen LogP contribution >= 0.6 is 23.2 Å². The van der Waals surface area contributed by atoms with Gasteiger partial charge in [0.1, 0.15) is 0 Å². The van der Waals surface area contributed by atoms with Crippen molar-refractivity contribution < 1.29 is 14.5 Å². The molecule has 0 spiro atoms. The molecule has 2 amide bonds. The standard InChI is InChI=1S/C14H6Cl2N2O4/c15-7-1-4-12(11(16)5-7)17-13(19)9-3-2-8(18(21)22)6-10(9)14(17)20/h1-6H. The van der Waals surface area contributed by atoms with Crippen LogP contribution in [0.5, 0.6) is 0 Å². The molecule has 1 aliphatic rings. The molecule has 2 aromatic rings. The Morgan fingerprint density at radius 3 is 2.27 bits per heavy atom. The van der Waals surface area contributed by atoms with E-state index in [0.717, 1.165) is 11.0 Å². The number of carbonyl (C=O) groups is 2. The van der Waals surface area contributed by atoms with E-state index in [4.69, 9.17) is 23.2 Å². The van der Waals surface area contributed by atoms with E-state index < -0.39 is 16.7 Å². The molecule has 0 aromatic heterocycles. The Morgan fingerprint density at radius 2 is 1.64 bits per heavy atom. The van der Waals surface area contributed by atoms with E-state index in [1.54, 1.807) is 0 Å². The van der Waals surface area contributed by atoms with Gasteiger partial charge in [-0.3, -0.25) is 19.7 Å². The average Bonchev–Trinajstić information content (AvgIpc) is 2.71. The van der Waals surface area contributed by atoms with Gasteiger partial charge < -0.3 is 0 Å². The number of anilines is 1. The number of nitro benzene ring substituents is 1. The quantitative estimate of drug-likeness (QED) is 0.475. The molecule has 0 saturated carbocycles. The zero-order valence-electron chi connectivity index (χ0n) is 10.7. The number of benzene rings is 2. The van der Waals surface area contributed by atoms with Gasteiger partial charge in [-0.05, 0) is 24.3 Å². The highest BCUT2D eigenvalue weighted by molar-refractivity contribution is 6.41. The molecule has 0 saturated heterocycles. The van der Waals surface area contributed by atoms with Crippen molar-refractivity contribution in [1.82, 2.24) is 0 Å². The largest absolute Gasteiger partial charge is 0.270 e. The molecule has 0 bridgehead atoms. The first-order chi connectivity index (χ1) is 10.4. The summed E-state index contributed by atoms with van der Waals surface area (Å²) < 4.78 is 0. The van der Waals surface area contributed by atoms with Crippen molar-refractivity contribution in [2.24, 2.45) is 0 Å². The molecule has 3 rings (SSSR count). The lowest BCUT2D eigenvalue weighted by molar-refractivity contribution is -0.384. The Bertz CT molecular complexity index is 851. The minimum atomic E-state index is -0.659. The number of nitro groups is 1. The van der Waals surface area contributed by atoms with Crippen LogP contribution in [0.25, 0.3) is 0 Å². The molecule has 110 valence electrons. The lowest BCUT2D eigenvalue weighted by atomic mass is 10.1. The number of halogens is 2. The van der Waals surface area contributed by atoms with E-state index in [-0.39, 0.29) is 27.5 Å². The van der Waals surface area contributed by atoms with E-state index in [9.17, 15) is 19.7 Å². The van der Waals surface area contributed by atoms with Crippen LogP contribution in [0, 0.1) is 10.1 Å². The van der Waals surface area contributed by atoms with Crippen molar-refractivity contribution >= 4 is 46.4 Å². The summed E-state index contributed by atoms with van der Waals surface area (Å²) in [6.45, 7) is 0. The summed E-state index contributed by atoms with van der Waals surface area (Å²) in [6, 6.07) is 7.87. The second-order valence-corrected chi connectivity index (χ2v) is 5.37. The number of fused-ring (bicyclic) bond motifs is 1. The third kappa shape index (κ3) is 2.13. The van der Waals surface area contributed by atoms with Gasteiger partial charge in [0.2, 0.25) is 0 Å². The van der Waals surface area contributed by atoms with E-state index >= 15 is 0 Å². The molecule has 0 aliphatic carbocycles. The zero-order chi connectivity index (χ0) is 16.0. The number of rotatable bonds is 2. The summed E-state index contributed by atoms with van der Waals surface area (Å²) in [5, 5.41) is 11.3. The maximum absolute atomic E-state index is 12.4. The van der Waals surface area contributed by atoms with E-state index in [0.29, 0.717) is 5.02 Å². The Hall–Kier alpha value is -2.44. The van der Waals surface area contributed by atoms with Crippen LogP contribution in [0.15, 0.2) is 36.4 Å². The molecular weight excluding hydrogens is 331 g/mol. The summed E-state index contributed by atoms with van der Waals surface area (Å²) in [6.07, 6.45) is 0. The number of carbonyl (C=O) groups excluding carboxylic acids is 2. The van der Waals surface area contributed by atoms with Crippen LogP contribution in [-0.2, 0) is 0 Å². The number of hydrogen-bond donors (Lipinski definition) is 0. The summed E-state index contributed by atoms with van der Waals surface area (Å²) in [4.78, 5) is 35.8. The van der Waals surface area contributed by atoms with Crippen molar-refractivity contribution in [2.45, 2.75) is 0 Å². The van der Waals surface area contributed by atoms with Gasteiger partial charge in [-0.2, -0.15) is 0 Å². The van der Waals surface area contributed by atoms with Crippen LogP contribution in [0.3, 0.4) is 0 Å². The van der Waals surface area contributed by atoms with Gasteiger partial charge in [-0.15, -0.1) is 0 Å². The molecule has 0 N–H and O–H groups in total. The van der Waals surface area contributed by atoms with Crippen LogP contribution in [0.2, 0.25) is 10.0 Å². The molecule has 0 atom stereocenters. The van der Waals surface area contributed by atoms with E-state index in [1.165, 1.54) is 30.3 Å². The Kier molecular flexibility index (Phi) is 3.35. The molecule has 8 heteroatoms. The normalized spacial score (nSPS) is 13.5. The second kappa shape index (κ2) is 5.08.